The van der Waals surface area contributed by atoms with Crippen LogP contribution < -0.4 is 5.32 Å². The van der Waals surface area contributed by atoms with Gasteiger partial charge >= 0.3 is 0 Å². The van der Waals surface area contributed by atoms with Gasteiger partial charge in [0.1, 0.15) is 11.5 Å². The third kappa shape index (κ3) is 4.36. The summed E-state index contributed by atoms with van der Waals surface area (Å²) >= 11 is 3.49. The zero-order valence-electron chi connectivity index (χ0n) is 15.2. The molecule has 1 aliphatic heterocycles. The second-order valence-electron chi connectivity index (χ2n) is 7.10. The van der Waals surface area contributed by atoms with Gasteiger partial charge in [0.25, 0.3) is 0 Å². The summed E-state index contributed by atoms with van der Waals surface area (Å²) in [6.07, 6.45) is 7.53. The van der Waals surface area contributed by atoms with Crippen molar-refractivity contribution < 1.29 is 4.79 Å². The number of hydrogen-bond donors (Lipinski definition) is 1. The number of aromatic nitrogens is 3. The number of halogens is 1. The Labute approximate surface area is 166 Å². The van der Waals surface area contributed by atoms with E-state index in [0.717, 1.165) is 53.9 Å². The molecule has 0 unspecified atom stereocenters. The van der Waals surface area contributed by atoms with Crippen LogP contribution in [0.5, 0.6) is 0 Å². The van der Waals surface area contributed by atoms with Crippen LogP contribution in [-0.2, 0) is 11.3 Å². The normalized spacial score (nSPS) is 15.9. The number of amides is 1. The van der Waals surface area contributed by atoms with Crippen LogP contribution in [0.1, 0.15) is 24.1 Å². The van der Waals surface area contributed by atoms with Crippen molar-refractivity contribution in [1.82, 2.24) is 19.3 Å². The Hall–Kier alpha value is -2.25. The van der Waals surface area contributed by atoms with Crippen LogP contribution in [0.4, 0.5) is 5.82 Å². The number of aryl methyl sites for hydroxylation is 1. The Bertz CT molecular complexity index is 962. The maximum absolute atomic E-state index is 12.5. The number of nitrogens with one attached hydrogen (secondary N) is 1. The molecule has 1 N–H and O–H groups in total. The van der Waals surface area contributed by atoms with Crippen LogP contribution in [-0.4, -0.2) is 38.3 Å². The van der Waals surface area contributed by atoms with Crippen LogP contribution in [0.2, 0.25) is 0 Å². The Morgan fingerprint density at radius 3 is 2.85 bits per heavy atom. The Kier molecular flexibility index (Phi) is 5.22. The highest BCUT2D eigenvalue weighted by molar-refractivity contribution is 9.10. The summed E-state index contributed by atoms with van der Waals surface area (Å²) < 4.78 is 3.07. The minimum Gasteiger partial charge on any atom is -0.310 e. The van der Waals surface area contributed by atoms with E-state index < -0.39 is 0 Å². The minimum atomic E-state index is 0.0422. The quantitative estimate of drug-likeness (QED) is 0.689. The number of nitrogens with zero attached hydrogens (tertiary/aromatic N) is 4. The molecule has 4 rings (SSSR count). The molecular weight excluding hydrogens is 406 g/mol. The molecule has 140 valence electrons. The molecule has 0 bridgehead atoms. The molecule has 1 aliphatic rings. The number of piperidine rings is 1. The average Bonchev–Trinajstić information content (AvgIpc) is 3.03. The molecule has 3 aromatic rings. The van der Waals surface area contributed by atoms with Gasteiger partial charge in [-0.2, -0.15) is 0 Å². The Balaban J connectivity index is 1.32. The fraction of sp³-hybridized carbons (Fsp3) is 0.350. The van der Waals surface area contributed by atoms with Crippen molar-refractivity contribution in [2.45, 2.75) is 26.3 Å². The number of carbonyl (C=O) groups is 1. The van der Waals surface area contributed by atoms with E-state index in [-0.39, 0.29) is 11.8 Å². The lowest BCUT2D eigenvalue weighted by molar-refractivity contribution is -0.121. The van der Waals surface area contributed by atoms with E-state index in [1.54, 1.807) is 6.20 Å². The number of pyridine rings is 2. The predicted molar refractivity (Wildman–Crippen MR) is 108 cm³/mol. The van der Waals surface area contributed by atoms with Crippen molar-refractivity contribution in [3.05, 3.63) is 58.6 Å². The number of carbonyl (C=O) groups excluding carboxylic acids is 1. The summed E-state index contributed by atoms with van der Waals surface area (Å²) in [7, 11) is 0. The van der Waals surface area contributed by atoms with Crippen LogP contribution in [0.25, 0.3) is 5.65 Å². The largest absolute Gasteiger partial charge is 0.310 e. The van der Waals surface area contributed by atoms with Gasteiger partial charge in [-0.1, -0.05) is 0 Å². The predicted octanol–water partition coefficient (Wildman–Crippen LogP) is 3.65. The van der Waals surface area contributed by atoms with Gasteiger partial charge in [-0.3, -0.25) is 9.69 Å². The molecular formula is C20H22BrN5O. The maximum atomic E-state index is 12.5. The van der Waals surface area contributed by atoms with Crippen LogP contribution in [0.15, 0.2) is 47.3 Å². The van der Waals surface area contributed by atoms with Crippen molar-refractivity contribution in [3.63, 3.8) is 0 Å². The molecule has 0 saturated carbocycles. The molecule has 6 nitrogen and oxygen atoms in total. The standard InChI is InChI=1S/C20H22BrN5O/c1-14-4-7-22-18(10-14)24-20(27)15-5-8-25(9-6-15)12-17-13-26-11-16(21)2-3-19(26)23-17/h2-4,7,10-11,13,15H,5-6,8-9,12H2,1H3,(H,22,24,27). The molecule has 0 spiro atoms. The SMILES string of the molecule is Cc1ccnc(NC(=O)C2CCN(Cc3cn4cc(Br)ccc4n3)CC2)c1. The van der Waals surface area contributed by atoms with E-state index in [1.807, 2.05) is 41.8 Å². The lowest BCUT2D eigenvalue weighted by atomic mass is 9.96. The molecule has 1 amide bonds. The molecule has 7 heteroatoms. The summed E-state index contributed by atoms with van der Waals surface area (Å²) in [5.41, 5.74) is 3.10. The van der Waals surface area contributed by atoms with Gasteiger partial charge in [-0.25, -0.2) is 9.97 Å². The molecule has 3 aromatic heterocycles. The summed E-state index contributed by atoms with van der Waals surface area (Å²) in [6, 6.07) is 7.82. The number of rotatable bonds is 4. The van der Waals surface area contributed by atoms with Crippen LogP contribution >= 0.6 is 15.9 Å². The summed E-state index contributed by atoms with van der Waals surface area (Å²) in [6.45, 7) is 4.61. The lowest BCUT2D eigenvalue weighted by Crippen LogP contribution is -2.37. The molecule has 1 fully saturated rings. The molecule has 1 saturated heterocycles. The van der Waals surface area contributed by atoms with Crippen LogP contribution in [0, 0.1) is 12.8 Å². The third-order valence-electron chi connectivity index (χ3n) is 4.98. The van der Waals surface area contributed by atoms with E-state index >= 15 is 0 Å². The van der Waals surface area contributed by atoms with Gasteiger partial charge in [0.15, 0.2) is 0 Å². The van der Waals surface area contributed by atoms with Gasteiger partial charge in [0.05, 0.1) is 5.69 Å². The highest BCUT2D eigenvalue weighted by Crippen LogP contribution is 2.21. The average molecular weight is 428 g/mol. The number of likely N-dealkylation sites (tertiary alicyclic amines) is 1. The second-order valence-corrected chi connectivity index (χ2v) is 8.02. The summed E-state index contributed by atoms with van der Waals surface area (Å²) in [5, 5.41) is 2.95. The fourth-order valence-corrected chi connectivity index (χ4v) is 3.86. The van der Waals surface area contributed by atoms with Gasteiger partial charge < -0.3 is 9.72 Å². The van der Waals surface area contributed by atoms with Crippen LogP contribution in [0.3, 0.4) is 0 Å². The fourth-order valence-electron chi connectivity index (χ4n) is 3.51. The van der Waals surface area contributed by atoms with E-state index in [4.69, 9.17) is 0 Å². The van der Waals surface area contributed by atoms with Crippen molar-refractivity contribution in [3.8, 4) is 0 Å². The maximum Gasteiger partial charge on any atom is 0.228 e. The van der Waals surface area contributed by atoms with Gasteiger partial charge in [-0.05, 0) is 78.6 Å². The monoisotopic (exact) mass is 427 g/mol. The van der Waals surface area contributed by atoms with E-state index in [2.05, 4.69) is 42.3 Å². The molecule has 27 heavy (non-hydrogen) atoms. The summed E-state index contributed by atoms with van der Waals surface area (Å²) in [4.78, 5) is 23.8. The first kappa shape index (κ1) is 18.1. The van der Waals surface area contributed by atoms with E-state index in [1.165, 1.54) is 0 Å². The smallest absolute Gasteiger partial charge is 0.228 e. The zero-order chi connectivity index (χ0) is 18.8. The number of anilines is 1. The number of fused-ring (bicyclic) bond motifs is 1. The lowest BCUT2D eigenvalue weighted by Gasteiger charge is -2.30. The minimum absolute atomic E-state index is 0.0422. The van der Waals surface area contributed by atoms with E-state index in [9.17, 15) is 4.79 Å². The van der Waals surface area contributed by atoms with Gasteiger partial charge in [0.2, 0.25) is 5.91 Å². The molecule has 0 aromatic carbocycles. The Morgan fingerprint density at radius 2 is 2.07 bits per heavy atom. The first-order valence-corrected chi connectivity index (χ1v) is 9.95. The highest BCUT2D eigenvalue weighted by Gasteiger charge is 2.25. The first-order valence-electron chi connectivity index (χ1n) is 9.16. The molecule has 0 aliphatic carbocycles. The van der Waals surface area contributed by atoms with Crippen molar-refractivity contribution in [2.75, 3.05) is 18.4 Å². The van der Waals surface area contributed by atoms with E-state index in [0.29, 0.717) is 5.82 Å². The van der Waals surface area contributed by atoms with Crippen molar-refractivity contribution >= 4 is 33.3 Å². The Morgan fingerprint density at radius 1 is 1.26 bits per heavy atom. The molecule has 4 heterocycles. The number of imidazole rings is 1. The number of hydrogen-bond acceptors (Lipinski definition) is 4. The third-order valence-corrected chi connectivity index (χ3v) is 5.44. The van der Waals surface area contributed by atoms with Crippen molar-refractivity contribution in [1.29, 1.82) is 0 Å². The zero-order valence-corrected chi connectivity index (χ0v) is 16.8. The second kappa shape index (κ2) is 7.78. The van der Waals surface area contributed by atoms with Gasteiger partial charge in [-0.15, -0.1) is 0 Å². The first-order chi connectivity index (χ1) is 13.1. The summed E-state index contributed by atoms with van der Waals surface area (Å²) in [5.74, 6) is 0.754. The topological polar surface area (TPSA) is 62.5 Å². The molecule has 0 atom stereocenters. The molecule has 0 radical (unpaired) electrons. The van der Waals surface area contributed by atoms with Crippen molar-refractivity contribution in [2.24, 2.45) is 5.92 Å². The van der Waals surface area contributed by atoms with Gasteiger partial charge in [0, 0.05) is 35.5 Å². The highest BCUT2D eigenvalue weighted by atomic mass is 79.9.